The number of hydrogen-bond donors (Lipinski definition) is 3. The molecule has 1 aromatic heterocycles. The minimum atomic E-state index is -0.585. The maximum Gasteiger partial charge on any atom is 0.272 e. The molecular formula is C12H21N5O2. The Morgan fingerprint density at radius 3 is 2.89 bits per heavy atom. The van der Waals surface area contributed by atoms with Crippen LogP contribution in [0.4, 0.5) is 0 Å². The van der Waals surface area contributed by atoms with Crippen LogP contribution in [0.5, 0.6) is 0 Å². The third kappa shape index (κ3) is 4.70. The van der Waals surface area contributed by atoms with Crippen molar-refractivity contribution in [3.8, 4) is 0 Å². The first-order valence-electron chi connectivity index (χ1n) is 6.38. The Hall–Kier alpha value is -1.89. The number of rotatable bonds is 7. The van der Waals surface area contributed by atoms with Crippen molar-refractivity contribution in [2.75, 3.05) is 13.1 Å². The van der Waals surface area contributed by atoms with Gasteiger partial charge in [-0.15, -0.1) is 0 Å². The lowest BCUT2D eigenvalue weighted by Gasteiger charge is -2.12. The fourth-order valence-corrected chi connectivity index (χ4v) is 1.49. The predicted molar refractivity (Wildman–Crippen MR) is 71.5 cm³/mol. The Balaban J connectivity index is 2.51. The molecule has 0 aliphatic carbocycles. The highest BCUT2D eigenvalue weighted by Gasteiger charge is 2.17. The van der Waals surface area contributed by atoms with Gasteiger partial charge in [0.1, 0.15) is 11.7 Å². The molecule has 0 radical (unpaired) electrons. The zero-order chi connectivity index (χ0) is 14.3. The first-order chi connectivity index (χ1) is 9.08. The molecule has 1 unspecified atom stereocenters. The molecule has 4 N–H and O–H groups in total. The summed E-state index contributed by atoms with van der Waals surface area (Å²) in [6.45, 7) is 5.29. The number of carbonyl (C=O) groups excluding carboxylic acids is 2. The van der Waals surface area contributed by atoms with Gasteiger partial charge in [0.2, 0.25) is 5.91 Å². The van der Waals surface area contributed by atoms with Crippen LogP contribution in [0.3, 0.4) is 0 Å². The Morgan fingerprint density at radius 2 is 2.26 bits per heavy atom. The third-order valence-electron chi connectivity index (χ3n) is 2.54. The van der Waals surface area contributed by atoms with Gasteiger partial charge in [0, 0.05) is 25.8 Å². The highest BCUT2D eigenvalue weighted by atomic mass is 16.2. The number of imidazole rings is 1. The molecule has 0 aromatic carbocycles. The normalized spacial score (nSPS) is 11.9. The van der Waals surface area contributed by atoms with Crippen LogP contribution < -0.4 is 16.4 Å². The molecule has 0 fully saturated rings. The van der Waals surface area contributed by atoms with E-state index in [-0.39, 0.29) is 17.5 Å². The van der Waals surface area contributed by atoms with Crippen LogP contribution in [0, 0.1) is 0 Å². The molecule has 2 amide bonds. The Morgan fingerprint density at radius 1 is 1.53 bits per heavy atom. The number of hydrogen-bond acceptors (Lipinski definition) is 4. The summed E-state index contributed by atoms with van der Waals surface area (Å²) in [7, 11) is 0. The van der Waals surface area contributed by atoms with Crippen LogP contribution in [-0.4, -0.2) is 40.5 Å². The minimum absolute atomic E-state index is 0.198. The van der Waals surface area contributed by atoms with E-state index in [0.717, 1.165) is 6.42 Å². The van der Waals surface area contributed by atoms with E-state index >= 15 is 0 Å². The van der Waals surface area contributed by atoms with Gasteiger partial charge in [-0.25, -0.2) is 4.98 Å². The lowest BCUT2D eigenvalue weighted by atomic mass is 10.3. The van der Waals surface area contributed by atoms with Gasteiger partial charge in [-0.3, -0.25) is 9.59 Å². The van der Waals surface area contributed by atoms with E-state index in [2.05, 4.69) is 15.6 Å². The molecule has 1 atom stereocenters. The predicted octanol–water partition coefficient (Wildman–Crippen LogP) is -0.514. The molecule has 0 aliphatic rings. The second-order valence-electron chi connectivity index (χ2n) is 4.27. The lowest BCUT2D eigenvalue weighted by Crippen LogP contribution is -2.45. The molecule has 19 heavy (non-hydrogen) atoms. The van der Waals surface area contributed by atoms with Gasteiger partial charge in [0.25, 0.3) is 5.91 Å². The maximum absolute atomic E-state index is 11.9. The van der Waals surface area contributed by atoms with Crippen molar-refractivity contribution in [3.63, 3.8) is 0 Å². The first kappa shape index (κ1) is 15.2. The number of carbonyl (C=O) groups is 2. The first-order valence-corrected chi connectivity index (χ1v) is 6.38. The maximum atomic E-state index is 11.9. The summed E-state index contributed by atoms with van der Waals surface area (Å²) in [5.74, 6) is -0.563. The molecule has 7 nitrogen and oxygen atoms in total. The van der Waals surface area contributed by atoms with Crippen LogP contribution in [0.25, 0.3) is 0 Å². The topological polar surface area (TPSA) is 102 Å². The van der Waals surface area contributed by atoms with Crippen molar-refractivity contribution in [1.29, 1.82) is 0 Å². The van der Waals surface area contributed by atoms with Crippen molar-refractivity contribution in [3.05, 3.63) is 18.2 Å². The quantitative estimate of drug-likeness (QED) is 0.619. The fraction of sp³-hybridized carbons (Fsp3) is 0.583. The number of nitrogens with zero attached hydrogens (tertiary/aromatic N) is 2. The molecule has 7 heteroatoms. The molecule has 1 heterocycles. The van der Waals surface area contributed by atoms with E-state index in [0.29, 0.717) is 19.6 Å². The summed E-state index contributed by atoms with van der Waals surface area (Å²) < 4.78 is 1.73. The Labute approximate surface area is 112 Å². The monoisotopic (exact) mass is 267 g/mol. The molecule has 1 aromatic rings. The van der Waals surface area contributed by atoms with Crippen LogP contribution in [-0.2, 0) is 11.3 Å². The van der Waals surface area contributed by atoms with Gasteiger partial charge in [-0.05, 0) is 13.3 Å². The smallest absolute Gasteiger partial charge is 0.272 e. The zero-order valence-corrected chi connectivity index (χ0v) is 11.3. The molecule has 0 saturated carbocycles. The van der Waals surface area contributed by atoms with Crippen molar-refractivity contribution in [1.82, 2.24) is 20.2 Å². The average molecular weight is 267 g/mol. The van der Waals surface area contributed by atoms with E-state index in [1.54, 1.807) is 24.0 Å². The molecule has 0 spiro atoms. The van der Waals surface area contributed by atoms with Crippen LogP contribution in [0.15, 0.2) is 12.5 Å². The van der Waals surface area contributed by atoms with Gasteiger partial charge in [-0.2, -0.15) is 0 Å². The van der Waals surface area contributed by atoms with Crippen molar-refractivity contribution in [2.45, 2.75) is 32.9 Å². The largest absolute Gasteiger partial charge is 0.354 e. The van der Waals surface area contributed by atoms with Gasteiger partial charge >= 0.3 is 0 Å². The minimum Gasteiger partial charge on any atom is -0.354 e. The SMILES string of the molecule is CCCNC(=O)C(C)NC(=O)c1cn(CCN)cn1. The number of nitrogens with one attached hydrogen (secondary N) is 2. The summed E-state index contributed by atoms with van der Waals surface area (Å²) in [5, 5.41) is 5.32. The fourth-order valence-electron chi connectivity index (χ4n) is 1.49. The molecule has 0 saturated heterocycles. The summed E-state index contributed by atoms with van der Waals surface area (Å²) in [4.78, 5) is 27.4. The second-order valence-corrected chi connectivity index (χ2v) is 4.27. The zero-order valence-electron chi connectivity index (χ0n) is 11.3. The highest BCUT2D eigenvalue weighted by Crippen LogP contribution is 1.97. The van der Waals surface area contributed by atoms with Crippen molar-refractivity contribution < 1.29 is 9.59 Å². The Bertz CT molecular complexity index is 430. The standard InChI is InChI=1S/C12H21N5O2/c1-3-5-14-11(18)9(2)16-12(19)10-7-17(6-4-13)8-15-10/h7-9H,3-6,13H2,1-2H3,(H,14,18)(H,16,19). The summed E-state index contributed by atoms with van der Waals surface area (Å²) in [6.07, 6.45) is 4.01. The van der Waals surface area contributed by atoms with E-state index in [1.807, 2.05) is 6.92 Å². The summed E-state index contributed by atoms with van der Waals surface area (Å²) >= 11 is 0. The van der Waals surface area contributed by atoms with Crippen LogP contribution >= 0.6 is 0 Å². The van der Waals surface area contributed by atoms with Gasteiger partial charge in [-0.1, -0.05) is 6.92 Å². The second kappa shape index (κ2) is 7.52. The van der Waals surface area contributed by atoms with E-state index in [9.17, 15) is 9.59 Å². The summed E-state index contributed by atoms with van der Waals surface area (Å²) in [6, 6.07) is -0.585. The third-order valence-corrected chi connectivity index (χ3v) is 2.54. The van der Waals surface area contributed by atoms with Crippen molar-refractivity contribution in [2.24, 2.45) is 5.73 Å². The number of nitrogens with two attached hydrogens (primary N) is 1. The number of aromatic nitrogens is 2. The Kier molecular flexibility index (Phi) is 6.01. The average Bonchev–Trinajstić information content (AvgIpc) is 2.85. The van der Waals surface area contributed by atoms with E-state index < -0.39 is 6.04 Å². The van der Waals surface area contributed by atoms with Gasteiger partial charge in [0.15, 0.2) is 0 Å². The van der Waals surface area contributed by atoms with Gasteiger partial charge in [0.05, 0.1) is 6.33 Å². The van der Waals surface area contributed by atoms with Crippen LogP contribution in [0.2, 0.25) is 0 Å². The molecule has 106 valence electrons. The highest BCUT2D eigenvalue weighted by molar-refractivity contribution is 5.95. The summed E-state index contributed by atoms with van der Waals surface area (Å²) in [5.41, 5.74) is 5.69. The molecule has 1 rings (SSSR count). The lowest BCUT2D eigenvalue weighted by molar-refractivity contribution is -0.122. The van der Waals surface area contributed by atoms with Crippen LogP contribution in [0.1, 0.15) is 30.8 Å². The number of amides is 2. The van der Waals surface area contributed by atoms with Crippen molar-refractivity contribution >= 4 is 11.8 Å². The van der Waals surface area contributed by atoms with E-state index in [4.69, 9.17) is 5.73 Å². The molecule has 0 aliphatic heterocycles. The van der Waals surface area contributed by atoms with Gasteiger partial charge < -0.3 is 20.9 Å². The molecular weight excluding hydrogens is 246 g/mol. The van der Waals surface area contributed by atoms with E-state index in [1.165, 1.54) is 0 Å². The molecule has 0 bridgehead atoms.